The molecule has 0 aromatic heterocycles. The van der Waals surface area contributed by atoms with Crippen LogP contribution in [0.15, 0.2) is 0 Å². The Morgan fingerprint density at radius 2 is 2.08 bits per heavy atom. The van der Waals surface area contributed by atoms with E-state index in [1.165, 1.54) is 14.2 Å². The highest BCUT2D eigenvalue weighted by Gasteiger charge is 2.42. The highest BCUT2D eigenvalue weighted by atomic mass is 32.2. The van der Waals surface area contributed by atoms with Gasteiger partial charge in [0.1, 0.15) is 6.10 Å². The molecule has 12 heavy (non-hydrogen) atoms. The SMILES string of the molecule is COC1(OC)CC[S@](=O)C[C@@H]1O. The molecule has 0 radical (unpaired) electrons. The standard InChI is InChI=1S/C7H14O4S/c1-10-7(11-2)3-4-12(9)5-6(7)8/h6,8H,3-5H2,1-2H3/t6-,12-/m0/s1. The first-order valence-electron chi connectivity index (χ1n) is 3.78. The first kappa shape index (κ1) is 10.1. The predicted molar refractivity (Wildman–Crippen MR) is 45.2 cm³/mol. The Morgan fingerprint density at radius 1 is 1.50 bits per heavy atom. The van der Waals surface area contributed by atoms with Crippen molar-refractivity contribution in [2.24, 2.45) is 0 Å². The van der Waals surface area contributed by atoms with Gasteiger partial charge in [-0.05, 0) is 0 Å². The summed E-state index contributed by atoms with van der Waals surface area (Å²) in [6.07, 6.45) is -0.310. The topological polar surface area (TPSA) is 55.8 Å². The molecule has 0 aliphatic carbocycles. The van der Waals surface area contributed by atoms with Crippen molar-refractivity contribution >= 4 is 10.8 Å². The second-order valence-electron chi connectivity index (χ2n) is 2.80. The van der Waals surface area contributed by atoms with Gasteiger partial charge in [-0.3, -0.25) is 4.21 Å². The molecule has 0 saturated carbocycles. The molecule has 0 aromatic carbocycles. The summed E-state index contributed by atoms with van der Waals surface area (Å²) >= 11 is 0. The van der Waals surface area contributed by atoms with Crippen LogP contribution < -0.4 is 0 Å². The van der Waals surface area contributed by atoms with Crippen molar-refractivity contribution in [2.45, 2.75) is 18.3 Å². The van der Waals surface area contributed by atoms with E-state index in [-0.39, 0.29) is 5.75 Å². The maximum Gasteiger partial charge on any atom is 0.195 e. The van der Waals surface area contributed by atoms with Crippen LogP contribution in [0.2, 0.25) is 0 Å². The molecule has 1 rings (SSSR count). The van der Waals surface area contributed by atoms with Gasteiger partial charge in [0, 0.05) is 37.2 Å². The first-order valence-corrected chi connectivity index (χ1v) is 5.27. The van der Waals surface area contributed by atoms with E-state index in [1.807, 2.05) is 0 Å². The van der Waals surface area contributed by atoms with E-state index >= 15 is 0 Å². The Hall–Kier alpha value is 0.0300. The van der Waals surface area contributed by atoms with Crippen LogP contribution in [-0.2, 0) is 20.3 Å². The Morgan fingerprint density at radius 3 is 2.50 bits per heavy atom. The average Bonchev–Trinajstić information content (AvgIpc) is 2.06. The first-order chi connectivity index (χ1) is 5.64. The molecule has 0 unspecified atom stereocenters. The van der Waals surface area contributed by atoms with Crippen molar-refractivity contribution in [3.8, 4) is 0 Å². The molecular formula is C7H14O4S. The third-order valence-corrected chi connectivity index (χ3v) is 3.57. The highest BCUT2D eigenvalue weighted by molar-refractivity contribution is 7.85. The van der Waals surface area contributed by atoms with Crippen LogP contribution >= 0.6 is 0 Å². The van der Waals surface area contributed by atoms with Crippen molar-refractivity contribution in [1.82, 2.24) is 0 Å². The van der Waals surface area contributed by atoms with E-state index in [4.69, 9.17) is 9.47 Å². The number of methoxy groups -OCH3 is 2. The lowest BCUT2D eigenvalue weighted by Gasteiger charge is -2.38. The predicted octanol–water partition coefficient (Wildman–Crippen LogP) is -0.511. The summed E-state index contributed by atoms with van der Waals surface area (Å²) in [6.45, 7) is 0. The quantitative estimate of drug-likeness (QED) is 0.601. The molecule has 1 N–H and O–H groups in total. The number of hydrogen-bond donors (Lipinski definition) is 1. The minimum Gasteiger partial charge on any atom is -0.387 e. The van der Waals surface area contributed by atoms with Gasteiger partial charge in [0.15, 0.2) is 5.79 Å². The average molecular weight is 194 g/mol. The molecule has 1 heterocycles. The van der Waals surface area contributed by atoms with Crippen molar-refractivity contribution < 1.29 is 18.8 Å². The van der Waals surface area contributed by atoms with E-state index in [2.05, 4.69) is 0 Å². The second kappa shape index (κ2) is 3.83. The molecule has 0 bridgehead atoms. The number of hydrogen-bond acceptors (Lipinski definition) is 4. The minimum atomic E-state index is -0.937. The lowest BCUT2D eigenvalue weighted by Crippen LogP contribution is -2.53. The van der Waals surface area contributed by atoms with Crippen LogP contribution in [0.4, 0.5) is 0 Å². The van der Waals surface area contributed by atoms with Crippen molar-refractivity contribution in [2.75, 3.05) is 25.7 Å². The zero-order chi connectivity index (χ0) is 9.19. The fourth-order valence-corrected chi connectivity index (χ4v) is 2.65. The molecule has 0 spiro atoms. The van der Waals surface area contributed by atoms with Crippen LogP contribution in [0.1, 0.15) is 6.42 Å². The second-order valence-corrected chi connectivity index (χ2v) is 4.42. The van der Waals surface area contributed by atoms with E-state index in [1.54, 1.807) is 0 Å². The maximum absolute atomic E-state index is 11.0. The number of aliphatic hydroxyl groups is 1. The van der Waals surface area contributed by atoms with Crippen molar-refractivity contribution in [3.05, 3.63) is 0 Å². The molecule has 1 aliphatic rings. The van der Waals surface area contributed by atoms with Crippen molar-refractivity contribution in [3.63, 3.8) is 0 Å². The third kappa shape index (κ3) is 1.69. The maximum atomic E-state index is 11.0. The molecule has 72 valence electrons. The van der Waals surface area contributed by atoms with Crippen LogP contribution in [0.3, 0.4) is 0 Å². The zero-order valence-corrected chi connectivity index (χ0v) is 8.10. The Labute approximate surface area is 74.3 Å². The van der Waals surface area contributed by atoms with Gasteiger partial charge in [-0.2, -0.15) is 0 Å². The summed E-state index contributed by atoms with van der Waals surface area (Å²) in [5.74, 6) is -0.172. The van der Waals surface area contributed by atoms with Gasteiger partial charge in [-0.1, -0.05) is 0 Å². The summed E-state index contributed by atoms with van der Waals surface area (Å²) < 4.78 is 21.2. The molecule has 5 heteroatoms. The van der Waals surface area contributed by atoms with Gasteiger partial charge in [-0.15, -0.1) is 0 Å². The molecule has 1 saturated heterocycles. The molecule has 2 atom stereocenters. The Kier molecular flexibility index (Phi) is 3.22. The molecule has 1 aliphatic heterocycles. The molecule has 0 amide bonds. The minimum absolute atomic E-state index is 0.238. The smallest absolute Gasteiger partial charge is 0.195 e. The lowest BCUT2D eigenvalue weighted by molar-refractivity contribution is -0.256. The molecule has 1 fully saturated rings. The van der Waals surface area contributed by atoms with Gasteiger partial charge in [0.25, 0.3) is 0 Å². The van der Waals surface area contributed by atoms with Crippen LogP contribution in [0.25, 0.3) is 0 Å². The monoisotopic (exact) mass is 194 g/mol. The summed E-state index contributed by atoms with van der Waals surface area (Å²) in [4.78, 5) is 0. The Bertz CT molecular complexity index is 178. The van der Waals surface area contributed by atoms with Gasteiger partial charge in [-0.25, -0.2) is 0 Å². The molecular weight excluding hydrogens is 180 g/mol. The molecule has 4 nitrogen and oxygen atoms in total. The summed E-state index contributed by atoms with van der Waals surface area (Å²) in [5.41, 5.74) is 0. The number of rotatable bonds is 2. The fraction of sp³-hybridized carbons (Fsp3) is 1.00. The number of aliphatic hydroxyl groups excluding tert-OH is 1. The van der Waals surface area contributed by atoms with Gasteiger partial charge in [0.2, 0.25) is 0 Å². The summed E-state index contributed by atoms with van der Waals surface area (Å²) in [6, 6.07) is 0. The number of ether oxygens (including phenoxy) is 2. The van der Waals surface area contributed by atoms with E-state index in [0.717, 1.165) is 0 Å². The fourth-order valence-electron chi connectivity index (χ4n) is 1.37. The normalized spacial score (nSPS) is 34.9. The summed E-state index contributed by atoms with van der Waals surface area (Å²) in [5, 5.41) is 9.55. The third-order valence-electron chi connectivity index (χ3n) is 2.22. The largest absolute Gasteiger partial charge is 0.387 e. The Balaban J connectivity index is 2.70. The van der Waals surface area contributed by atoms with E-state index in [9.17, 15) is 9.32 Å². The van der Waals surface area contributed by atoms with Gasteiger partial charge in [0.05, 0.1) is 5.75 Å². The van der Waals surface area contributed by atoms with E-state index in [0.29, 0.717) is 12.2 Å². The van der Waals surface area contributed by atoms with Gasteiger partial charge < -0.3 is 14.6 Å². The van der Waals surface area contributed by atoms with Crippen LogP contribution in [0, 0.1) is 0 Å². The van der Waals surface area contributed by atoms with Gasteiger partial charge >= 0.3 is 0 Å². The van der Waals surface area contributed by atoms with E-state index < -0.39 is 22.7 Å². The zero-order valence-electron chi connectivity index (χ0n) is 7.28. The molecule has 0 aromatic rings. The summed E-state index contributed by atoms with van der Waals surface area (Å²) in [7, 11) is 2.04. The highest BCUT2D eigenvalue weighted by Crippen LogP contribution is 2.26. The van der Waals surface area contributed by atoms with Crippen LogP contribution in [-0.4, -0.2) is 46.9 Å². The van der Waals surface area contributed by atoms with Crippen molar-refractivity contribution in [1.29, 1.82) is 0 Å². The lowest BCUT2D eigenvalue weighted by atomic mass is 10.1. The van der Waals surface area contributed by atoms with Crippen LogP contribution in [0.5, 0.6) is 0 Å².